The van der Waals surface area contributed by atoms with Crippen molar-refractivity contribution in [1.29, 1.82) is 0 Å². The van der Waals surface area contributed by atoms with Crippen LogP contribution in [0, 0.1) is 0 Å². The van der Waals surface area contributed by atoms with E-state index in [-0.39, 0.29) is 4.70 Å². The molecular formula is C37H78FN. The van der Waals surface area contributed by atoms with Crippen LogP contribution in [0.25, 0.3) is 0 Å². The quantitative estimate of drug-likeness (QED) is 0.0558. The molecule has 0 heterocycles. The number of halogens is 1. The van der Waals surface area contributed by atoms with Crippen LogP contribution < -0.4 is 4.70 Å². The molecule has 0 saturated carbocycles. The number of quaternary nitrogens is 1. The van der Waals surface area contributed by atoms with E-state index in [1.807, 2.05) is 0 Å². The predicted molar refractivity (Wildman–Crippen MR) is 176 cm³/mol. The molecule has 39 heavy (non-hydrogen) atoms. The van der Waals surface area contributed by atoms with Crippen LogP contribution in [0.4, 0.5) is 0 Å². The molecule has 0 N–H and O–H groups in total. The van der Waals surface area contributed by atoms with Gasteiger partial charge in [-0.1, -0.05) is 175 Å². The number of hydrogen-bond acceptors (Lipinski definition) is 0. The second-order valence-electron chi connectivity index (χ2n) is 13.3. The summed E-state index contributed by atoms with van der Waals surface area (Å²) in [6.07, 6.45) is 43.8. The summed E-state index contributed by atoms with van der Waals surface area (Å²) in [6.45, 7) is 11.3. The van der Waals surface area contributed by atoms with Crippen molar-refractivity contribution in [3.8, 4) is 0 Å². The minimum absolute atomic E-state index is 0. The molecule has 0 amide bonds. The van der Waals surface area contributed by atoms with Gasteiger partial charge in [0.15, 0.2) is 0 Å². The lowest BCUT2D eigenvalue weighted by Crippen LogP contribution is -3.00. The first-order valence-corrected chi connectivity index (χ1v) is 18.5. The first-order valence-electron chi connectivity index (χ1n) is 18.5. The molecule has 0 radical (unpaired) electrons. The van der Waals surface area contributed by atoms with E-state index < -0.39 is 0 Å². The molecule has 0 bridgehead atoms. The zero-order chi connectivity index (χ0) is 27.8. The Kier molecular flexibility index (Phi) is 35.9. The fourth-order valence-electron chi connectivity index (χ4n) is 6.28. The van der Waals surface area contributed by atoms with Gasteiger partial charge in [-0.25, -0.2) is 0 Å². The van der Waals surface area contributed by atoms with E-state index in [4.69, 9.17) is 0 Å². The first kappa shape index (κ1) is 41.0. The minimum Gasteiger partial charge on any atom is -1.00 e. The van der Waals surface area contributed by atoms with Gasteiger partial charge in [0.05, 0.1) is 26.7 Å². The largest absolute Gasteiger partial charge is 1.00 e. The van der Waals surface area contributed by atoms with Gasteiger partial charge in [-0.15, -0.1) is 0 Å². The minimum atomic E-state index is 0. The number of rotatable bonds is 33. The molecule has 0 aliphatic rings. The molecular weight excluding hydrogens is 477 g/mol. The fourth-order valence-corrected chi connectivity index (χ4v) is 6.28. The van der Waals surface area contributed by atoms with Crippen molar-refractivity contribution in [2.24, 2.45) is 0 Å². The SMILES string of the molecule is CCCCCCCCCCCC[N+](C)(CCCCCCCCCCCC)CCCCCCCCCCCC.[F-]. The van der Waals surface area contributed by atoms with Gasteiger partial charge in [-0.3, -0.25) is 0 Å². The van der Waals surface area contributed by atoms with Gasteiger partial charge in [-0.2, -0.15) is 0 Å². The first-order chi connectivity index (χ1) is 18.7. The predicted octanol–water partition coefficient (Wildman–Crippen LogP) is 10.2. The third kappa shape index (κ3) is 32.3. The molecule has 0 aliphatic heterocycles. The average molecular weight is 556 g/mol. The number of hydrogen-bond donors (Lipinski definition) is 0. The number of nitrogens with zero attached hydrogens (tertiary/aromatic N) is 1. The maximum absolute atomic E-state index is 2.61. The smallest absolute Gasteiger partial charge is 0.0784 e. The molecule has 0 aliphatic carbocycles. The third-order valence-corrected chi connectivity index (χ3v) is 9.15. The van der Waals surface area contributed by atoms with Crippen LogP contribution in [0.15, 0.2) is 0 Å². The normalized spacial score (nSPS) is 11.7. The van der Waals surface area contributed by atoms with Crippen LogP contribution in [-0.2, 0) is 0 Å². The van der Waals surface area contributed by atoms with E-state index in [1.54, 1.807) is 0 Å². The van der Waals surface area contributed by atoms with Crippen LogP contribution in [0.2, 0.25) is 0 Å². The van der Waals surface area contributed by atoms with Gasteiger partial charge >= 0.3 is 0 Å². The molecule has 0 atom stereocenters. The Morgan fingerprint density at radius 3 is 0.590 bits per heavy atom. The summed E-state index contributed by atoms with van der Waals surface area (Å²) >= 11 is 0. The lowest BCUT2D eigenvalue weighted by Gasteiger charge is -2.35. The zero-order valence-corrected chi connectivity index (χ0v) is 28.2. The topological polar surface area (TPSA) is 0 Å². The van der Waals surface area contributed by atoms with Crippen LogP contribution in [0.3, 0.4) is 0 Å². The highest BCUT2D eigenvalue weighted by Gasteiger charge is 2.20. The second-order valence-corrected chi connectivity index (χ2v) is 13.3. The molecule has 0 rings (SSSR count). The summed E-state index contributed by atoms with van der Waals surface area (Å²) in [4.78, 5) is 0. The zero-order valence-electron chi connectivity index (χ0n) is 28.2. The second kappa shape index (κ2) is 34.1. The van der Waals surface area contributed by atoms with Crippen molar-refractivity contribution in [2.75, 3.05) is 26.7 Å². The molecule has 238 valence electrons. The van der Waals surface area contributed by atoms with Crippen LogP contribution in [0.1, 0.15) is 213 Å². The molecule has 0 saturated heterocycles. The van der Waals surface area contributed by atoms with E-state index in [0.717, 1.165) is 0 Å². The Balaban J connectivity index is 0. The van der Waals surface area contributed by atoms with Gasteiger partial charge < -0.3 is 9.19 Å². The molecule has 2 heteroatoms. The molecule has 0 aromatic rings. The Hall–Kier alpha value is -0.110. The Morgan fingerprint density at radius 2 is 0.410 bits per heavy atom. The summed E-state index contributed by atoms with van der Waals surface area (Å²) in [5, 5.41) is 0. The van der Waals surface area contributed by atoms with Crippen molar-refractivity contribution in [2.45, 2.75) is 213 Å². The van der Waals surface area contributed by atoms with E-state index >= 15 is 0 Å². The third-order valence-electron chi connectivity index (χ3n) is 9.15. The maximum Gasteiger partial charge on any atom is 0.0784 e. The van der Waals surface area contributed by atoms with E-state index in [2.05, 4.69) is 27.8 Å². The van der Waals surface area contributed by atoms with E-state index in [1.165, 1.54) is 217 Å². The summed E-state index contributed by atoms with van der Waals surface area (Å²) in [6, 6.07) is 0. The Morgan fingerprint density at radius 1 is 0.256 bits per heavy atom. The van der Waals surface area contributed by atoms with Crippen LogP contribution >= 0.6 is 0 Å². The lowest BCUT2D eigenvalue weighted by molar-refractivity contribution is -0.910. The summed E-state index contributed by atoms with van der Waals surface area (Å²) in [7, 11) is 2.61. The average Bonchev–Trinajstić information content (AvgIpc) is 2.92. The molecule has 0 spiro atoms. The van der Waals surface area contributed by atoms with Gasteiger partial charge in [0.1, 0.15) is 0 Å². The summed E-state index contributed by atoms with van der Waals surface area (Å²) in [5.41, 5.74) is 0. The molecule has 1 nitrogen and oxygen atoms in total. The molecule has 0 aromatic heterocycles. The van der Waals surface area contributed by atoms with Gasteiger partial charge in [-0.05, 0) is 38.5 Å². The number of unbranched alkanes of at least 4 members (excludes halogenated alkanes) is 27. The van der Waals surface area contributed by atoms with Gasteiger partial charge in [0.25, 0.3) is 0 Å². The molecule has 0 unspecified atom stereocenters. The van der Waals surface area contributed by atoms with Crippen molar-refractivity contribution < 1.29 is 9.19 Å². The monoisotopic (exact) mass is 556 g/mol. The fraction of sp³-hybridized carbons (Fsp3) is 1.00. The highest BCUT2D eigenvalue weighted by Crippen LogP contribution is 2.18. The molecule has 0 fully saturated rings. The van der Waals surface area contributed by atoms with Crippen LogP contribution in [-0.4, -0.2) is 31.2 Å². The van der Waals surface area contributed by atoms with Crippen LogP contribution in [0.5, 0.6) is 0 Å². The summed E-state index contributed by atoms with van der Waals surface area (Å²) in [5.74, 6) is 0. The summed E-state index contributed by atoms with van der Waals surface area (Å²) < 4.78 is 1.37. The Bertz CT molecular complexity index is 364. The Labute approximate surface area is 249 Å². The maximum atomic E-state index is 2.61. The highest BCUT2D eigenvalue weighted by atomic mass is 19.0. The van der Waals surface area contributed by atoms with E-state index in [9.17, 15) is 0 Å². The van der Waals surface area contributed by atoms with Crippen molar-refractivity contribution in [3.05, 3.63) is 0 Å². The lowest BCUT2D eigenvalue weighted by atomic mass is 10.0. The molecule has 0 aromatic carbocycles. The van der Waals surface area contributed by atoms with Crippen molar-refractivity contribution in [1.82, 2.24) is 0 Å². The highest BCUT2D eigenvalue weighted by molar-refractivity contribution is 4.53. The van der Waals surface area contributed by atoms with Gasteiger partial charge in [0.2, 0.25) is 0 Å². The van der Waals surface area contributed by atoms with Crippen molar-refractivity contribution >= 4 is 0 Å². The van der Waals surface area contributed by atoms with E-state index in [0.29, 0.717) is 0 Å². The van der Waals surface area contributed by atoms with Crippen molar-refractivity contribution in [3.63, 3.8) is 0 Å². The van der Waals surface area contributed by atoms with Gasteiger partial charge in [0, 0.05) is 0 Å². The standard InChI is InChI=1S/C37H78N.FH/c1-5-8-11-14-17-20-23-26-29-32-35-38(4,36-33-30-27-24-21-18-15-12-9-6-2)37-34-31-28-25-22-19-16-13-10-7-3;/h5-37H2,1-4H3;1H/q+1;/p-1.